The first-order valence-corrected chi connectivity index (χ1v) is 10.9. The van der Waals surface area contributed by atoms with E-state index in [0.29, 0.717) is 24.0 Å². The van der Waals surface area contributed by atoms with Gasteiger partial charge in [0, 0.05) is 14.2 Å². The van der Waals surface area contributed by atoms with Crippen LogP contribution in [-0.4, -0.2) is 77.2 Å². The molecule has 1 aromatic rings. The van der Waals surface area contributed by atoms with Crippen LogP contribution >= 0.6 is 0 Å². The molecule has 6 atom stereocenters. The van der Waals surface area contributed by atoms with Crippen LogP contribution in [0.2, 0.25) is 0 Å². The van der Waals surface area contributed by atoms with Gasteiger partial charge in [-0.05, 0) is 63.8 Å². The number of esters is 1. The Morgan fingerprint density at radius 1 is 0.818 bits per heavy atom. The molecule has 0 spiro atoms. The number of ether oxygens (including phenoxy) is 3. The maximum Gasteiger partial charge on any atom is 0.338 e. The molecule has 4 N–H and O–H groups in total. The predicted octanol–water partition coefficient (Wildman–Crippen LogP) is 2.06. The molecule has 2 rings (SSSR count). The maximum atomic E-state index is 13.1. The molecule has 0 saturated heterocycles. The van der Waals surface area contributed by atoms with E-state index >= 15 is 0 Å². The van der Waals surface area contributed by atoms with Crippen LogP contribution in [0.4, 0.5) is 0 Å². The summed E-state index contributed by atoms with van der Waals surface area (Å²) in [4.78, 5) is 13.1. The lowest BCUT2D eigenvalue weighted by molar-refractivity contribution is -0.235. The molecule has 0 aliphatic heterocycles. The Hall–Kier alpha value is -2.23. The van der Waals surface area contributed by atoms with Crippen LogP contribution in [0.5, 0.6) is 5.75 Å². The zero-order chi connectivity index (χ0) is 24.9. The van der Waals surface area contributed by atoms with Gasteiger partial charge in [0.15, 0.2) is 6.10 Å². The summed E-state index contributed by atoms with van der Waals surface area (Å²) in [5.74, 6) is -0.669. The number of carbonyl (C=O) groups is 1. The average molecular weight is 465 g/mol. The van der Waals surface area contributed by atoms with Gasteiger partial charge in [-0.15, -0.1) is 0 Å². The minimum Gasteiger partial charge on any atom is -0.507 e. The third-order valence-corrected chi connectivity index (χ3v) is 5.77. The van der Waals surface area contributed by atoms with Crippen LogP contribution in [0.1, 0.15) is 49.2 Å². The second kappa shape index (κ2) is 11.8. The van der Waals surface area contributed by atoms with Gasteiger partial charge in [-0.25, -0.2) is 4.79 Å². The van der Waals surface area contributed by atoms with Gasteiger partial charge in [0.1, 0.15) is 36.3 Å². The summed E-state index contributed by atoms with van der Waals surface area (Å²) in [6.07, 6.45) is -3.12. The molecule has 184 valence electrons. The van der Waals surface area contributed by atoms with Crippen LogP contribution in [-0.2, 0) is 27.1 Å². The summed E-state index contributed by atoms with van der Waals surface area (Å²) < 4.78 is 15.8. The number of phenols is 1. The Morgan fingerprint density at radius 2 is 1.21 bits per heavy atom. The first-order valence-electron chi connectivity index (χ1n) is 10.9. The highest BCUT2D eigenvalue weighted by Gasteiger charge is 2.52. The van der Waals surface area contributed by atoms with Gasteiger partial charge in [-0.3, -0.25) is 0 Å². The number of rotatable bonds is 8. The standard InChI is InChI=1S/C25H36O8/c1-13(2)7-9-15-11-17(12-16(18(15)26)10-8-14(3)4)25(30)33-24-20(28)22(31-5)19(27)23(32-6)21(24)29/h7-8,11-12,19-24,26-29H,9-10H2,1-6H3/t19?,20-,21+,22-,23-,24?/m0/s1. The van der Waals surface area contributed by atoms with Gasteiger partial charge in [-0.1, -0.05) is 23.3 Å². The van der Waals surface area contributed by atoms with E-state index in [4.69, 9.17) is 14.2 Å². The Morgan fingerprint density at radius 3 is 1.58 bits per heavy atom. The fraction of sp³-hybridized carbons (Fsp3) is 0.560. The van der Waals surface area contributed by atoms with E-state index < -0.39 is 42.6 Å². The van der Waals surface area contributed by atoms with E-state index in [1.165, 1.54) is 14.2 Å². The summed E-state index contributed by atoms with van der Waals surface area (Å²) in [5, 5.41) is 42.2. The van der Waals surface area contributed by atoms with Crippen molar-refractivity contribution >= 4 is 5.97 Å². The number of methoxy groups -OCH3 is 2. The smallest absolute Gasteiger partial charge is 0.338 e. The monoisotopic (exact) mass is 464 g/mol. The van der Waals surface area contributed by atoms with E-state index in [9.17, 15) is 25.2 Å². The van der Waals surface area contributed by atoms with Gasteiger partial charge in [0.2, 0.25) is 0 Å². The number of hydrogen-bond acceptors (Lipinski definition) is 8. The average Bonchev–Trinajstić information content (AvgIpc) is 2.75. The van der Waals surface area contributed by atoms with Crippen LogP contribution in [0, 0.1) is 0 Å². The largest absolute Gasteiger partial charge is 0.507 e. The Labute approximate surface area is 195 Å². The highest BCUT2D eigenvalue weighted by Crippen LogP contribution is 2.30. The molecule has 8 nitrogen and oxygen atoms in total. The van der Waals surface area contributed by atoms with E-state index in [1.54, 1.807) is 12.1 Å². The van der Waals surface area contributed by atoms with Gasteiger partial charge in [0.25, 0.3) is 0 Å². The van der Waals surface area contributed by atoms with Crippen LogP contribution < -0.4 is 0 Å². The first kappa shape index (κ1) is 27.0. The summed E-state index contributed by atoms with van der Waals surface area (Å²) in [6.45, 7) is 7.77. The van der Waals surface area contributed by atoms with Crippen molar-refractivity contribution in [1.82, 2.24) is 0 Å². The minimum atomic E-state index is -1.47. The number of benzene rings is 1. The Bertz CT molecular complexity index is 823. The summed E-state index contributed by atoms with van der Waals surface area (Å²) >= 11 is 0. The summed E-state index contributed by atoms with van der Waals surface area (Å²) in [7, 11) is 2.59. The number of hydrogen-bond donors (Lipinski definition) is 4. The van der Waals surface area contributed by atoms with Crippen molar-refractivity contribution in [2.75, 3.05) is 14.2 Å². The molecular weight excluding hydrogens is 428 g/mol. The highest BCUT2D eigenvalue weighted by molar-refractivity contribution is 5.90. The molecule has 1 saturated carbocycles. The molecule has 2 unspecified atom stereocenters. The number of allylic oxidation sites excluding steroid dienone is 4. The zero-order valence-corrected chi connectivity index (χ0v) is 20.1. The number of aliphatic hydroxyl groups excluding tert-OH is 3. The van der Waals surface area contributed by atoms with Crippen LogP contribution in [0.25, 0.3) is 0 Å². The van der Waals surface area contributed by atoms with Crippen LogP contribution in [0.15, 0.2) is 35.4 Å². The van der Waals surface area contributed by atoms with Crippen molar-refractivity contribution in [2.24, 2.45) is 0 Å². The third kappa shape index (κ3) is 6.43. The highest BCUT2D eigenvalue weighted by atomic mass is 16.6. The van der Waals surface area contributed by atoms with E-state index in [-0.39, 0.29) is 11.3 Å². The molecule has 1 aliphatic carbocycles. The molecule has 0 aromatic heterocycles. The fourth-order valence-corrected chi connectivity index (χ4v) is 3.87. The number of carbonyl (C=O) groups excluding carboxylic acids is 1. The Kier molecular flexibility index (Phi) is 9.63. The van der Waals surface area contributed by atoms with Crippen LogP contribution in [0.3, 0.4) is 0 Å². The predicted molar refractivity (Wildman–Crippen MR) is 123 cm³/mol. The Balaban J connectivity index is 2.40. The van der Waals surface area contributed by atoms with Crippen molar-refractivity contribution in [2.45, 2.75) is 77.2 Å². The molecule has 0 bridgehead atoms. The summed E-state index contributed by atoms with van der Waals surface area (Å²) in [6, 6.07) is 3.09. The van der Waals surface area contributed by atoms with Crippen molar-refractivity contribution in [3.05, 3.63) is 52.1 Å². The fourth-order valence-electron chi connectivity index (χ4n) is 3.87. The van der Waals surface area contributed by atoms with Gasteiger partial charge >= 0.3 is 5.97 Å². The molecule has 8 heteroatoms. The minimum absolute atomic E-state index is 0.112. The lowest BCUT2D eigenvalue weighted by atomic mass is 9.84. The summed E-state index contributed by atoms with van der Waals surface area (Å²) in [5.41, 5.74) is 3.43. The van der Waals surface area contributed by atoms with Crippen molar-refractivity contribution in [3.63, 3.8) is 0 Å². The molecule has 0 radical (unpaired) electrons. The van der Waals surface area contributed by atoms with Crippen molar-refractivity contribution in [1.29, 1.82) is 0 Å². The molecule has 1 aliphatic rings. The van der Waals surface area contributed by atoms with Gasteiger partial charge in [-0.2, -0.15) is 0 Å². The molecule has 0 amide bonds. The van der Waals surface area contributed by atoms with E-state index in [0.717, 1.165) is 11.1 Å². The first-order chi connectivity index (χ1) is 15.5. The normalized spacial score (nSPS) is 27.1. The molecule has 1 fully saturated rings. The number of aliphatic hydroxyl groups is 3. The second-order valence-electron chi connectivity index (χ2n) is 8.86. The third-order valence-electron chi connectivity index (χ3n) is 5.77. The SMILES string of the molecule is CO[C@H]1C(O)[C@H](OC)[C@@H](O)C(OC(=O)c2cc(CC=C(C)C)c(O)c(CC=C(C)C)c2)[C@H]1O. The quantitative estimate of drug-likeness (QED) is 0.340. The van der Waals surface area contributed by atoms with Crippen molar-refractivity contribution < 1.29 is 39.4 Å². The lowest BCUT2D eigenvalue weighted by Crippen LogP contribution is -2.65. The molecule has 1 aromatic carbocycles. The second-order valence-corrected chi connectivity index (χ2v) is 8.86. The maximum absolute atomic E-state index is 13.1. The lowest BCUT2D eigenvalue weighted by Gasteiger charge is -2.43. The molecular formula is C25H36O8. The van der Waals surface area contributed by atoms with Gasteiger partial charge in [0.05, 0.1) is 5.56 Å². The van der Waals surface area contributed by atoms with E-state index in [2.05, 4.69) is 0 Å². The van der Waals surface area contributed by atoms with E-state index in [1.807, 2.05) is 39.8 Å². The number of phenolic OH excluding ortho intramolecular Hbond substituents is 1. The molecule has 0 heterocycles. The molecule has 33 heavy (non-hydrogen) atoms. The number of aromatic hydroxyl groups is 1. The zero-order valence-electron chi connectivity index (χ0n) is 20.1. The van der Waals surface area contributed by atoms with Gasteiger partial charge < -0.3 is 34.6 Å². The topological polar surface area (TPSA) is 126 Å². The van der Waals surface area contributed by atoms with Crippen molar-refractivity contribution in [3.8, 4) is 5.75 Å².